The normalized spacial score (nSPS) is 18.9. The summed E-state index contributed by atoms with van der Waals surface area (Å²) in [7, 11) is 0. The fraction of sp³-hybridized carbons (Fsp3) is 0.238. The van der Waals surface area contributed by atoms with E-state index in [1.54, 1.807) is 18.3 Å². The fourth-order valence-corrected chi connectivity index (χ4v) is 4.38. The quantitative estimate of drug-likeness (QED) is 0.518. The molecule has 2 atom stereocenters. The van der Waals surface area contributed by atoms with Crippen LogP contribution in [0, 0.1) is 0 Å². The molecule has 0 saturated carbocycles. The number of aliphatic hydroxyl groups is 1. The molecule has 0 bridgehead atoms. The molecule has 29 heavy (non-hydrogen) atoms. The molecular weight excluding hydrogens is 429 g/mol. The van der Waals surface area contributed by atoms with E-state index in [1.165, 1.54) is 0 Å². The number of aromatic nitrogens is 1. The summed E-state index contributed by atoms with van der Waals surface area (Å²) in [5.74, 6) is 1.40. The number of nitrogens with zero attached hydrogens (tertiary/aromatic N) is 2. The van der Waals surface area contributed by atoms with E-state index in [0.717, 1.165) is 17.0 Å². The van der Waals surface area contributed by atoms with E-state index in [4.69, 9.17) is 39.8 Å². The van der Waals surface area contributed by atoms with E-state index < -0.39 is 0 Å². The summed E-state index contributed by atoms with van der Waals surface area (Å²) in [6, 6.07) is 14.6. The molecule has 150 valence electrons. The van der Waals surface area contributed by atoms with Gasteiger partial charge in [-0.3, -0.25) is 4.98 Å². The second-order valence-corrected chi connectivity index (χ2v) is 7.95. The molecule has 1 fully saturated rings. The van der Waals surface area contributed by atoms with Gasteiger partial charge in [0.1, 0.15) is 17.6 Å². The number of hydrogen-bond donors (Lipinski definition) is 2. The molecule has 1 saturated heterocycles. The Morgan fingerprint density at radius 2 is 2.03 bits per heavy atom. The van der Waals surface area contributed by atoms with Gasteiger partial charge in [0.05, 0.1) is 16.8 Å². The average Bonchev–Trinajstić information content (AvgIpc) is 3.31. The minimum absolute atomic E-state index is 0.0872. The van der Waals surface area contributed by atoms with Crippen molar-refractivity contribution >= 4 is 40.5 Å². The maximum atomic E-state index is 9.31. The van der Waals surface area contributed by atoms with Gasteiger partial charge >= 0.3 is 0 Å². The molecule has 1 aliphatic heterocycles. The summed E-state index contributed by atoms with van der Waals surface area (Å²) in [6.45, 7) is 0.692. The molecule has 5 nitrogen and oxygen atoms in total. The monoisotopic (exact) mass is 447 g/mol. The molecule has 4 rings (SSSR count). The first-order valence-electron chi connectivity index (χ1n) is 9.22. The maximum Gasteiger partial charge on any atom is 0.170 e. The van der Waals surface area contributed by atoms with Crippen molar-refractivity contribution in [1.82, 2.24) is 15.2 Å². The summed E-state index contributed by atoms with van der Waals surface area (Å²) in [4.78, 5) is 6.54. The van der Waals surface area contributed by atoms with Crippen LogP contribution in [0.4, 0.5) is 0 Å². The van der Waals surface area contributed by atoms with Gasteiger partial charge in [-0.25, -0.2) is 0 Å². The summed E-state index contributed by atoms with van der Waals surface area (Å²) in [6.07, 6.45) is 2.36. The molecule has 1 aliphatic rings. The lowest BCUT2D eigenvalue weighted by molar-refractivity contribution is 0.233. The first kappa shape index (κ1) is 20.2. The Morgan fingerprint density at radius 3 is 2.76 bits per heavy atom. The van der Waals surface area contributed by atoms with Crippen molar-refractivity contribution in [3.05, 3.63) is 76.2 Å². The van der Waals surface area contributed by atoms with Gasteiger partial charge in [-0.1, -0.05) is 29.3 Å². The fourth-order valence-electron chi connectivity index (χ4n) is 3.54. The molecule has 0 unspecified atom stereocenters. The molecule has 2 aromatic heterocycles. The van der Waals surface area contributed by atoms with Crippen LogP contribution in [0.3, 0.4) is 0 Å². The number of furan rings is 1. The summed E-state index contributed by atoms with van der Waals surface area (Å²) in [5, 5.41) is 14.4. The third-order valence-corrected chi connectivity index (χ3v) is 5.77. The molecule has 0 radical (unpaired) electrons. The lowest BCUT2D eigenvalue weighted by atomic mass is 10.0. The lowest BCUT2D eigenvalue weighted by Gasteiger charge is -2.25. The Labute approximate surface area is 184 Å². The Morgan fingerprint density at radius 1 is 1.17 bits per heavy atom. The Kier molecular flexibility index (Phi) is 6.06. The van der Waals surface area contributed by atoms with Crippen LogP contribution in [0.2, 0.25) is 10.0 Å². The first-order valence-corrected chi connectivity index (χ1v) is 10.4. The van der Waals surface area contributed by atoms with Crippen molar-refractivity contribution in [3.63, 3.8) is 0 Å². The van der Waals surface area contributed by atoms with E-state index in [0.29, 0.717) is 33.9 Å². The third-order valence-electron chi connectivity index (χ3n) is 4.87. The van der Waals surface area contributed by atoms with Gasteiger partial charge < -0.3 is 19.7 Å². The van der Waals surface area contributed by atoms with Crippen LogP contribution in [-0.2, 0) is 0 Å². The number of halogens is 2. The zero-order valence-electron chi connectivity index (χ0n) is 15.4. The van der Waals surface area contributed by atoms with E-state index >= 15 is 0 Å². The van der Waals surface area contributed by atoms with Crippen molar-refractivity contribution in [2.24, 2.45) is 0 Å². The highest BCUT2D eigenvalue weighted by Gasteiger charge is 2.41. The first-order chi connectivity index (χ1) is 14.1. The molecule has 0 spiro atoms. The van der Waals surface area contributed by atoms with Gasteiger partial charge in [-0.2, -0.15) is 0 Å². The van der Waals surface area contributed by atoms with E-state index in [-0.39, 0.29) is 18.7 Å². The molecule has 0 aliphatic carbocycles. The Bertz CT molecular complexity index is 1010. The van der Waals surface area contributed by atoms with Crippen molar-refractivity contribution in [2.45, 2.75) is 18.5 Å². The highest BCUT2D eigenvalue weighted by atomic mass is 35.5. The van der Waals surface area contributed by atoms with Crippen LogP contribution in [0.15, 0.2) is 59.1 Å². The van der Waals surface area contributed by atoms with Gasteiger partial charge in [-0.15, -0.1) is 0 Å². The van der Waals surface area contributed by atoms with E-state index in [9.17, 15) is 5.11 Å². The second-order valence-electron chi connectivity index (χ2n) is 6.72. The van der Waals surface area contributed by atoms with Crippen molar-refractivity contribution in [3.8, 4) is 11.3 Å². The number of benzene rings is 1. The SMILES string of the molecule is OCCCN1C(=S)N[C@@H](c2ccccn2)[C@H]1c1ccc(-c2ccc(Cl)cc2Cl)o1. The minimum Gasteiger partial charge on any atom is -0.459 e. The maximum absolute atomic E-state index is 9.31. The van der Waals surface area contributed by atoms with Gasteiger partial charge in [0.15, 0.2) is 5.11 Å². The Hall–Kier alpha value is -2.12. The van der Waals surface area contributed by atoms with Gasteiger partial charge in [0.25, 0.3) is 0 Å². The molecule has 1 aromatic carbocycles. The zero-order chi connectivity index (χ0) is 20.4. The molecule has 8 heteroatoms. The second kappa shape index (κ2) is 8.71. The molecule has 3 heterocycles. The predicted molar refractivity (Wildman–Crippen MR) is 118 cm³/mol. The predicted octanol–water partition coefficient (Wildman–Crippen LogP) is 5.00. The molecule has 2 N–H and O–H groups in total. The standard InChI is InChI=1S/C21H19Cl2N3O2S/c22-13-5-6-14(15(23)12-13)17-7-8-18(28-17)20-19(16-4-1-2-9-24-16)25-21(29)26(20)10-3-11-27/h1-2,4-9,12,19-20,27H,3,10-11H2,(H,25,29)/t19-,20+/m0/s1. The number of aliphatic hydroxyl groups excluding tert-OH is 1. The van der Waals surface area contributed by atoms with Crippen molar-refractivity contribution < 1.29 is 9.52 Å². The molecular formula is C21H19Cl2N3O2S. The third kappa shape index (κ3) is 4.12. The van der Waals surface area contributed by atoms with Crippen LogP contribution in [0.25, 0.3) is 11.3 Å². The van der Waals surface area contributed by atoms with Gasteiger partial charge in [0.2, 0.25) is 0 Å². The van der Waals surface area contributed by atoms with Crippen LogP contribution in [-0.4, -0.2) is 33.3 Å². The zero-order valence-corrected chi connectivity index (χ0v) is 17.7. The van der Waals surface area contributed by atoms with Crippen LogP contribution < -0.4 is 5.32 Å². The molecule has 3 aromatic rings. The highest BCUT2D eigenvalue weighted by Crippen LogP contribution is 2.41. The molecule has 0 amide bonds. The Balaban J connectivity index is 1.72. The minimum atomic E-state index is -0.191. The number of pyridine rings is 1. The van der Waals surface area contributed by atoms with Crippen LogP contribution in [0.5, 0.6) is 0 Å². The summed E-state index contributed by atoms with van der Waals surface area (Å²) < 4.78 is 6.23. The number of rotatable bonds is 6. The summed E-state index contributed by atoms with van der Waals surface area (Å²) >= 11 is 17.9. The lowest BCUT2D eigenvalue weighted by Crippen LogP contribution is -2.30. The summed E-state index contributed by atoms with van der Waals surface area (Å²) in [5.41, 5.74) is 1.64. The number of thiocarbonyl (C=S) groups is 1. The van der Waals surface area contributed by atoms with E-state index in [2.05, 4.69) is 10.3 Å². The largest absolute Gasteiger partial charge is 0.459 e. The highest BCUT2D eigenvalue weighted by molar-refractivity contribution is 7.80. The van der Waals surface area contributed by atoms with E-state index in [1.807, 2.05) is 41.3 Å². The van der Waals surface area contributed by atoms with Crippen molar-refractivity contribution in [2.75, 3.05) is 13.2 Å². The average molecular weight is 448 g/mol. The topological polar surface area (TPSA) is 61.5 Å². The number of nitrogens with one attached hydrogen (secondary N) is 1. The van der Waals surface area contributed by atoms with Gasteiger partial charge in [0, 0.05) is 29.9 Å². The smallest absolute Gasteiger partial charge is 0.170 e. The van der Waals surface area contributed by atoms with Crippen LogP contribution in [0.1, 0.15) is 30.0 Å². The van der Waals surface area contributed by atoms with Crippen molar-refractivity contribution in [1.29, 1.82) is 0 Å². The number of hydrogen-bond acceptors (Lipinski definition) is 4. The van der Waals surface area contributed by atoms with Crippen LogP contribution >= 0.6 is 35.4 Å². The van der Waals surface area contributed by atoms with Gasteiger partial charge in [-0.05, 0) is 61.1 Å².